The van der Waals surface area contributed by atoms with Crippen LogP contribution in [0.15, 0.2) is 35.1 Å². The van der Waals surface area contributed by atoms with Crippen LogP contribution in [0, 0.1) is 6.92 Å². The molecule has 1 amide bonds. The van der Waals surface area contributed by atoms with Crippen LogP contribution >= 0.6 is 0 Å². The maximum atomic E-state index is 13.1. The van der Waals surface area contributed by atoms with E-state index in [2.05, 4.69) is 10.1 Å². The van der Waals surface area contributed by atoms with E-state index in [-0.39, 0.29) is 24.1 Å². The van der Waals surface area contributed by atoms with E-state index in [4.69, 9.17) is 14.2 Å². The average Bonchev–Trinajstić information content (AvgIpc) is 3.21. The van der Waals surface area contributed by atoms with Crippen molar-refractivity contribution in [3.8, 4) is 17.2 Å². The summed E-state index contributed by atoms with van der Waals surface area (Å²) in [6.45, 7) is 2.26. The standard InChI is InChI=1S/C22H26N4O5/c1-14-11-20(27)26-19(23-14)12-15(24-26)16-7-4-5-10-25(16)21(28)13-31-22-17(29-2)8-6-9-18(22)30-3/h6,8-9,11-12,16,24H,4-5,7,10,13H2,1-3H3. The second kappa shape index (κ2) is 8.71. The van der Waals surface area contributed by atoms with Crippen LogP contribution < -0.4 is 19.8 Å². The van der Waals surface area contributed by atoms with E-state index in [9.17, 15) is 9.59 Å². The Labute approximate surface area is 179 Å². The smallest absolute Gasteiger partial charge is 0.272 e. The summed E-state index contributed by atoms with van der Waals surface area (Å²) >= 11 is 0. The maximum Gasteiger partial charge on any atom is 0.272 e. The number of carbonyl (C=O) groups is 1. The first-order valence-corrected chi connectivity index (χ1v) is 10.2. The topological polar surface area (TPSA) is 98.2 Å². The molecule has 4 rings (SSSR count). The third-order valence-corrected chi connectivity index (χ3v) is 5.50. The number of amides is 1. The molecule has 1 fully saturated rings. The fourth-order valence-electron chi connectivity index (χ4n) is 4.03. The normalized spacial score (nSPS) is 16.4. The van der Waals surface area contributed by atoms with Gasteiger partial charge in [-0.05, 0) is 38.3 Å². The Hall–Kier alpha value is -3.49. The SMILES string of the molecule is COc1cccc(OC)c1OCC(=O)N1CCCCC1c1cc2nc(C)cc(=O)n2[nH]1. The van der Waals surface area contributed by atoms with Gasteiger partial charge in [0.2, 0.25) is 5.75 Å². The van der Waals surface area contributed by atoms with Crippen LogP contribution in [-0.2, 0) is 4.79 Å². The van der Waals surface area contributed by atoms with Gasteiger partial charge in [0.15, 0.2) is 23.8 Å². The number of hydrogen-bond acceptors (Lipinski definition) is 6. The van der Waals surface area contributed by atoms with Crippen molar-refractivity contribution >= 4 is 11.6 Å². The van der Waals surface area contributed by atoms with E-state index in [0.717, 1.165) is 25.0 Å². The molecule has 1 aliphatic heterocycles. The fraction of sp³-hybridized carbons (Fsp3) is 0.409. The van der Waals surface area contributed by atoms with Crippen molar-refractivity contribution in [2.75, 3.05) is 27.4 Å². The van der Waals surface area contributed by atoms with Crippen LogP contribution in [0.5, 0.6) is 17.2 Å². The quantitative estimate of drug-likeness (QED) is 0.650. The van der Waals surface area contributed by atoms with Gasteiger partial charge in [0, 0.05) is 24.4 Å². The van der Waals surface area contributed by atoms with E-state index in [1.165, 1.54) is 24.8 Å². The van der Waals surface area contributed by atoms with Gasteiger partial charge in [-0.15, -0.1) is 0 Å². The first-order valence-electron chi connectivity index (χ1n) is 10.2. The number of hydrogen-bond donors (Lipinski definition) is 1. The summed E-state index contributed by atoms with van der Waals surface area (Å²) in [7, 11) is 3.08. The lowest BCUT2D eigenvalue weighted by Gasteiger charge is -2.35. The zero-order chi connectivity index (χ0) is 22.0. The molecule has 3 heterocycles. The highest BCUT2D eigenvalue weighted by Gasteiger charge is 2.30. The lowest BCUT2D eigenvalue weighted by atomic mass is 9.99. The molecule has 1 N–H and O–H groups in total. The molecule has 0 radical (unpaired) electrons. The molecule has 1 atom stereocenters. The van der Waals surface area contributed by atoms with Crippen LogP contribution in [-0.4, -0.2) is 52.8 Å². The summed E-state index contributed by atoms with van der Waals surface area (Å²) in [6, 6.07) is 8.44. The number of H-pyrrole nitrogens is 1. The molecular formula is C22H26N4O5. The summed E-state index contributed by atoms with van der Waals surface area (Å²) in [6.07, 6.45) is 2.70. The number of aryl methyl sites for hydroxylation is 1. The lowest BCUT2D eigenvalue weighted by Crippen LogP contribution is -2.41. The van der Waals surface area contributed by atoms with Crippen molar-refractivity contribution in [3.05, 3.63) is 52.1 Å². The Bertz CT molecular complexity index is 1130. The Morgan fingerprint density at radius 3 is 2.65 bits per heavy atom. The predicted octanol–water partition coefficient (Wildman–Crippen LogP) is 2.48. The third kappa shape index (κ3) is 4.08. The molecule has 0 spiro atoms. The zero-order valence-corrected chi connectivity index (χ0v) is 17.9. The Morgan fingerprint density at radius 2 is 1.94 bits per heavy atom. The third-order valence-electron chi connectivity index (χ3n) is 5.50. The van der Waals surface area contributed by atoms with Gasteiger partial charge in [-0.1, -0.05) is 6.07 Å². The highest BCUT2D eigenvalue weighted by Crippen LogP contribution is 2.37. The van der Waals surface area contributed by atoms with Gasteiger partial charge in [-0.25, -0.2) is 9.50 Å². The second-order valence-corrected chi connectivity index (χ2v) is 7.52. The predicted molar refractivity (Wildman–Crippen MR) is 114 cm³/mol. The number of aromatic amines is 1. The first kappa shape index (κ1) is 20.8. The Kier molecular flexibility index (Phi) is 5.83. The molecule has 9 nitrogen and oxygen atoms in total. The second-order valence-electron chi connectivity index (χ2n) is 7.52. The number of benzene rings is 1. The van der Waals surface area contributed by atoms with Crippen LogP contribution in [0.4, 0.5) is 0 Å². The molecule has 31 heavy (non-hydrogen) atoms. The lowest BCUT2D eigenvalue weighted by molar-refractivity contribution is -0.137. The molecule has 164 valence electrons. The van der Waals surface area contributed by atoms with Crippen molar-refractivity contribution in [1.82, 2.24) is 19.5 Å². The van der Waals surface area contributed by atoms with Crippen LogP contribution in [0.1, 0.15) is 36.7 Å². The summed E-state index contributed by atoms with van der Waals surface area (Å²) in [5.41, 5.74) is 1.83. The summed E-state index contributed by atoms with van der Waals surface area (Å²) in [5.74, 6) is 1.25. The Morgan fingerprint density at radius 1 is 1.19 bits per heavy atom. The number of rotatable bonds is 6. The summed E-state index contributed by atoms with van der Waals surface area (Å²) < 4.78 is 17.9. The van der Waals surface area contributed by atoms with E-state index < -0.39 is 0 Å². The highest BCUT2D eigenvalue weighted by molar-refractivity contribution is 5.78. The van der Waals surface area contributed by atoms with Crippen LogP contribution in [0.25, 0.3) is 5.65 Å². The van der Waals surface area contributed by atoms with E-state index in [0.29, 0.717) is 35.1 Å². The monoisotopic (exact) mass is 426 g/mol. The van der Waals surface area contributed by atoms with Gasteiger partial charge >= 0.3 is 0 Å². The molecule has 0 aliphatic carbocycles. The molecule has 1 aliphatic rings. The van der Waals surface area contributed by atoms with Crippen molar-refractivity contribution in [3.63, 3.8) is 0 Å². The number of piperidine rings is 1. The molecule has 2 aromatic heterocycles. The number of nitrogens with one attached hydrogen (secondary N) is 1. The number of methoxy groups -OCH3 is 2. The zero-order valence-electron chi connectivity index (χ0n) is 17.9. The van der Waals surface area contributed by atoms with Gasteiger partial charge in [-0.2, -0.15) is 0 Å². The Balaban J connectivity index is 1.56. The molecular weight excluding hydrogens is 400 g/mol. The molecule has 1 unspecified atom stereocenters. The number of fused-ring (bicyclic) bond motifs is 1. The van der Waals surface area contributed by atoms with Gasteiger partial charge in [-0.3, -0.25) is 14.7 Å². The minimum atomic E-state index is -0.175. The number of carbonyl (C=O) groups excluding carboxylic acids is 1. The largest absolute Gasteiger partial charge is 0.493 e. The van der Waals surface area contributed by atoms with Crippen LogP contribution in [0.2, 0.25) is 0 Å². The number of nitrogens with zero attached hydrogens (tertiary/aromatic N) is 3. The molecule has 3 aromatic rings. The van der Waals surface area contributed by atoms with Crippen molar-refractivity contribution in [1.29, 1.82) is 0 Å². The van der Waals surface area contributed by atoms with Gasteiger partial charge in [0.05, 0.1) is 26.0 Å². The molecule has 1 aromatic carbocycles. The molecule has 0 saturated carbocycles. The fourth-order valence-corrected chi connectivity index (χ4v) is 4.03. The number of aromatic nitrogens is 3. The maximum absolute atomic E-state index is 13.1. The average molecular weight is 426 g/mol. The summed E-state index contributed by atoms with van der Waals surface area (Å²) in [4.78, 5) is 31.6. The van der Waals surface area contributed by atoms with E-state index in [1.807, 2.05) is 6.07 Å². The summed E-state index contributed by atoms with van der Waals surface area (Å²) in [5, 5.41) is 3.12. The van der Waals surface area contributed by atoms with Gasteiger partial charge in [0.1, 0.15) is 0 Å². The number of ether oxygens (including phenoxy) is 3. The molecule has 1 saturated heterocycles. The van der Waals surface area contributed by atoms with E-state index >= 15 is 0 Å². The van der Waals surface area contributed by atoms with Gasteiger partial charge in [0.25, 0.3) is 11.5 Å². The van der Waals surface area contributed by atoms with Crippen molar-refractivity contribution in [2.24, 2.45) is 0 Å². The van der Waals surface area contributed by atoms with Crippen molar-refractivity contribution in [2.45, 2.75) is 32.2 Å². The molecule has 9 heteroatoms. The molecule has 0 bridgehead atoms. The first-order chi connectivity index (χ1) is 15.0. The minimum Gasteiger partial charge on any atom is -0.493 e. The van der Waals surface area contributed by atoms with Crippen molar-refractivity contribution < 1.29 is 19.0 Å². The van der Waals surface area contributed by atoms with E-state index in [1.54, 1.807) is 30.0 Å². The van der Waals surface area contributed by atoms with Crippen LogP contribution in [0.3, 0.4) is 0 Å². The highest BCUT2D eigenvalue weighted by atomic mass is 16.5. The number of para-hydroxylation sites is 1. The number of likely N-dealkylation sites (tertiary alicyclic amines) is 1. The van der Waals surface area contributed by atoms with Gasteiger partial charge < -0.3 is 19.1 Å². The minimum absolute atomic E-state index is 0.146.